The van der Waals surface area contributed by atoms with Crippen LogP contribution in [0, 0.1) is 0 Å². The van der Waals surface area contributed by atoms with Crippen LogP contribution in [0.4, 0.5) is 10.5 Å². The molecule has 3 heterocycles. The van der Waals surface area contributed by atoms with Crippen LogP contribution in [0.2, 0.25) is 0 Å². The Balaban J connectivity index is 1.69. The first kappa shape index (κ1) is 17.8. The number of nitrogens with zero attached hydrogens (tertiary/aromatic N) is 2. The van der Waals surface area contributed by atoms with Crippen molar-refractivity contribution >= 4 is 28.5 Å². The fourth-order valence-corrected chi connectivity index (χ4v) is 4.79. The van der Waals surface area contributed by atoms with Crippen molar-refractivity contribution in [3.05, 3.63) is 59.3 Å². The van der Waals surface area contributed by atoms with Gasteiger partial charge in [0.2, 0.25) is 0 Å². The number of aromatic nitrogens is 1. The van der Waals surface area contributed by atoms with Gasteiger partial charge in [-0.25, -0.2) is 9.69 Å². The molecule has 1 aromatic heterocycles. The number of benzene rings is 2. The maximum Gasteiger partial charge on any atom is 0.332 e. The second-order valence-corrected chi connectivity index (χ2v) is 7.77. The Bertz CT molecular complexity index is 1170. The van der Waals surface area contributed by atoms with E-state index in [0.29, 0.717) is 18.7 Å². The first-order valence-electron chi connectivity index (χ1n) is 9.93. The summed E-state index contributed by atoms with van der Waals surface area (Å²) in [6.45, 7) is 4.39. The number of carbonyl (C=O) groups is 2. The standard InChI is InChI=1S/C23H23N3O3/c1-4-14-7-5-6-8-19(14)26-21(27)23(2)20-16(11-12-25(23)22(26)28)17-13-15(29-3)9-10-18(17)24-20/h5-10,13,24H,4,11-12H2,1-3H3/t23-/m1/s1. The Morgan fingerprint density at radius 3 is 2.72 bits per heavy atom. The monoisotopic (exact) mass is 389 g/mol. The molecular weight excluding hydrogens is 366 g/mol. The number of anilines is 1. The molecule has 3 amide bonds. The number of H-pyrrole nitrogens is 1. The summed E-state index contributed by atoms with van der Waals surface area (Å²) in [5.74, 6) is 0.571. The minimum Gasteiger partial charge on any atom is -0.497 e. The number of hydrogen-bond donors (Lipinski definition) is 1. The van der Waals surface area contributed by atoms with Crippen LogP contribution in [0.25, 0.3) is 10.9 Å². The predicted molar refractivity (Wildman–Crippen MR) is 111 cm³/mol. The summed E-state index contributed by atoms with van der Waals surface area (Å²) >= 11 is 0. The van der Waals surface area contributed by atoms with Gasteiger partial charge >= 0.3 is 6.03 Å². The minimum atomic E-state index is -1.04. The molecule has 1 atom stereocenters. The normalized spacial score (nSPS) is 20.9. The van der Waals surface area contributed by atoms with Gasteiger partial charge in [0.05, 0.1) is 18.5 Å². The number of imide groups is 1. The third-order valence-corrected chi connectivity index (χ3v) is 6.38. The van der Waals surface area contributed by atoms with Crippen LogP contribution in [0.3, 0.4) is 0 Å². The molecular formula is C23H23N3O3. The zero-order valence-corrected chi connectivity index (χ0v) is 16.8. The summed E-state index contributed by atoms with van der Waals surface area (Å²) < 4.78 is 5.38. The van der Waals surface area contributed by atoms with Crippen molar-refractivity contribution in [1.29, 1.82) is 0 Å². The average molecular weight is 389 g/mol. The molecule has 3 aromatic rings. The number of aromatic amines is 1. The number of amides is 3. The van der Waals surface area contributed by atoms with E-state index in [2.05, 4.69) is 4.98 Å². The Labute approximate surface area is 169 Å². The third-order valence-electron chi connectivity index (χ3n) is 6.38. The molecule has 6 heteroatoms. The molecule has 0 aliphatic carbocycles. The molecule has 0 spiro atoms. The lowest BCUT2D eigenvalue weighted by molar-refractivity contribution is -0.125. The van der Waals surface area contributed by atoms with Gasteiger partial charge in [-0.05, 0) is 55.2 Å². The van der Waals surface area contributed by atoms with Crippen LogP contribution in [0.1, 0.15) is 30.7 Å². The molecule has 2 aliphatic heterocycles. The SMILES string of the molecule is CCc1ccccc1N1C(=O)N2CCc3c([nH]c4ccc(OC)cc34)[C@]2(C)C1=O. The molecule has 2 aliphatic rings. The summed E-state index contributed by atoms with van der Waals surface area (Å²) in [5.41, 5.74) is 3.47. The van der Waals surface area contributed by atoms with Gasteiger partial charge in [0, 0.05) is 17.4 Å². The average Bonchev–Trinajstić information content (AvgIpc) is 3.21. The van der Waals surface area contributed by atoms with Crippen molar-refractivity contribution in [3.63, 3.8) is 0 Å². The number of ether oxygens (including phenoxy) is 1. The van der Waals surface area contributed by atoms with Crippen LogP contribution < -0.4 is 9.64 Å². The molecule has 0 saturated carbocycles. The largest absolute Gasteiger partial charge is 0.497 e. The molecule has 6 nitrogen and oxygen atoms in total. The van der Waals surface area contributed by atoms with E-state index < -0.39 is 5.54 Å². The molecule has 5 rings (SSSR count). The Hall–Kier alpha value is -3.28. The van der Waals surface area contributed by atoms with Gasteiger partial charge in [-0.2, -0.15) is 0 Å². The molecule has 1 saturated heterocycles. The smallest absolute Gasteiger partial charge is 0.332 e. The van der Waals surface area contributed by atoms with Gasteiger partial charge in [0.1, 0.15) is 5.75 Å². The summed E-state index contributed by atoms with van der Waals surface area (Å²) in [6, 6.07) is 13.2. The maximum atomic E-state index is 13.7. The van der Waals surface area contributed by atoms with E-state index in [-0.39, 0.29) is 11.9 Å². The number of rotatable bonds is 3. The van der Waals surface area contributed by atoms with Crippen molar-refractivity contribution in [2.75, 3.05) is 18.6 Å². The lowest BCUT2D eigenvalue weighted by Gasteiger charge is -2.35. The molecule has 1 N–H and O–H groups in total. The number of para-hydroxylation sites is 1. The van der Waals surface area contributed by atoms with Gasteiger partial charge < -0.3 is 14.6 Å². The number of nitrogens with one attached hydrogen (secondary N) is 1. The Kier molecular flexibility index (Phi) is 3.75. The number of methoxy groups -OCH3 is 1. The quantitative estimate of drug-likeness (QED) is 0.689. The molecule has 0 bridgehead atoms. The van der Waals surface area contributed by atoms with Crippen LogP contribution in [-0.4, -0.2) is 35.5 Å². The number of fused-ring (bicyclic) bond motifs is 5. The van der Waals surface area contributed by atoms with E-state index in [4.69, 9.17) is 4.74 Å². The van der Waals surface area contributed by atoms with E-state index in [9.17, 15) is 9.59 Å². The van der Waals surface area contributed by atoms with Crippen molar-refractivity contribution < 1.29 is 14.3 Å². The Morgan fingerprint density at radius 2 is 1.97 bits per heavy atom. The van der Waals surface area contributed by atoms with Crippen LogP contribution in [0.15, 0.2) is 42.5 Å². The Morgan fingerprint density at radius 1 is 1.17 bits per heavy atom. The molecule has 0 unspecified atom stereocenters. The van der Waals surface area contributed by atoms with E-state index >= 15 is 0 Å². The highest BCUT2D eigenvalue weighted by Crippen LogP contribution is 2.46. The fraction of sp³-hybridized carbons (Fsp3) is 0.304. The maximum absolute atomic E-state index is 13.7. The molecule has 2 aromatic carbocycles. The number of urea groups is 1. The first-order valence-corrected chi connectivity index (χ1v) is 9.93. The van der Waals surface area contributed by atoms with E-state index in [0.717, 1.165) is 39.9 Å². The summed E-state index contributed by atoms with van der Waals surface area (Å²) in [7, 11) is 1.64. The van der Waals surface area contributed by atoms with Crippen LogP contribution in [0.5, 0.6) is 5.75 Å². The molecule has 0 radical (unpaired) electrons. The fourth-order valence-electron chi connectivity index (χ4n) is 4.79. The zero-order valence-electron chi connectivity index (χ0n) is 16.8. The van der Waals surface area contributed by atoms with Gasteiger partial charge in [-0.15, -0.1) is 0 Å². The number of aryl methyl sites for hydroxylation is 1. The summed E-state index contributed by atoms with van der Waals surface area (Å²) in [6.07, 6.45) is 1.45. The van der Waals surface area contributed by atoms with Gasteiger partial charge in [-0.3, -0.25) is 4.79 Å². The van der Waals surface area contributed by atoms with E-state index in [1.165, 1.54) is 4.90 Å². The van der Waals surface area contributed by atoms with Crippen molar-refractivity contribution in [3.8, 4) is 5.75 Å². The molecule has 1 fully saturated rings. The zero-order chi connectivity index (χ0) is 20.3. The number of carbonyl (C=O) groups excluding carboxylic acids is 2. The van der Waals surface area contributed by atoms with Crippen molar-refractivity contribution in [1.82, 2.24) is 9.88 Å². The van der Waals surface area contributed by atoms with Crippen molar-refractivity contribution in [2.24, 2.45) is 0 Å². The van der Waals surface area contributed by atoms with Crippen LogP contribution >= 0.6 is 0 Å². The second-order valence-electron chi connectivity index (χ2n) is 7.77. The number of hydrogen-bond acceptors (Lipinski definition) is 3. The predicted octanol–water partition coefficient (Wildman–Crippen LogP) is 3.98. The van der Waals surface area contributed by atoms with E-state index in [1.807, 2.05) is 56.3 Å². The lowest BCUT2D eigenvalue weighted by atomic mass is 9.87. The van der Waals surface area contributed by atoms with Gasteiger partial charge in [-0.1, -0.05) is 25.1 Å². The van der Waals surface area contributed by atoms with Gasteiger partial charge in [0.25, 0.3) is 5.91 Å². The topological polar surface area (TPSA) is 65.6 Å². The third kappa shape index (κ3) is 2.23. The molecule has 29 heavy (non-hydrogen) atoms. The summed E-state index contributed by atoms with van der Waals surface area (Å²) in [5, 5.41) is 1.05. The second kappa shape index (κ2) is 6.11. The molecule has 148 valence electrons. The highest BCUT2D eigenvalue weighted by atomic mass is 16.5. The van der Waals surface area contributed by atoms with Crippen molar-refractivity contribution in [2.45, 2.75) is 32.2 Å². The summed E-state index contributed by atoms with van der Waals surface area (Å²) in [4.78, 5) is 33.6. The first-order chi connectivity index (χ1) is 14.0. The lowest BCUT2D eigenvalue weighted by Crippen LogP contribution is -2.49. The van der Waals surface area contributed by atoms with Crippen LogP contribution in [-0.2, 0) is 23.2 Å². The highest BCUT2D eigenvalue weighted by Gasteiger charge is 2.59. The van der Waals surface area contributed by atoms with E-state index in [1.54, 1.807) is 12.0 Å². The van der Waals surface area contributed by atoms with Gasteiger partial charge in [0.15, 0.2) is 5.54 Å². The minimum absolute atomic E-state index is 0.206. The highest BCUT2D eigenvalue weighted by molar-refractivity contribution is 6.24.